The Morgan fingerprint density at radius 3 is 2.20 bits per heavy atom. The van der Waals surface area contributed by atoms with Gasteiger partial charge in [-0.2, -0.15) is 0 Å². The first-order valence-corrected chi connectivity index (χ1v) is 10.9. The topological polar surface area (TPSA) is 73.8 Å². The fourth-order valence-electron chi connectivity index (χ4n) is 4.80. The molecule has 1 aromatic heterocycles. The number of nitrogens with zero attached hydrogens (tertiary/aromatic N) is 4. The zero-order valence-electron chi connectivity index (χ0n) is 17.7. The molecule has 160 valence electrons. The summed E-state index contributed by atoms with van der Waals surface area (Å²) in [5, 5.41) is 0. The minimum Gasteiger partial charge on any atom is -0.353 e. The average Bonchev–Trinajstić information content (AvgIpc) is 3.02. The van der Waals surface area contributed by atoms with E-state index < -0.39 is 6.04 Å². The van der Waals surface area contributed by atoms with Crippen molar-refractivity contribution in [3.63, 3.8) is 0 Å². The number of imide groups is 1. The third kappa shape index (κ3) is 3.85. The van der Waals surface area contributed by atoms with Crippen molar-refractivity contribution >= 4 is 23.5 Å². The summed E-state index contributed by atoms with van der Waals surface area (Å²) in [7, 11) is 0. The SMILES string of the molecule is CC(C)CC(C(=O)N1CCN(c2ccccn2)CC1)N1C(=O)C2CC=CCC2C1=O. The molecule has 2 saturated heterocycles. The number of carbonyl (C=O) groups excluding carboxylic acids is 3. The average molecular weight is 411 g/mol. The molecule has 2 fully saturated rings. The van der Waals surface area contributed by atoms with Crippen LogP contribution >= 0.6 is 0 Å². The number of pyridine rings is 1. The second-order valence-electron chi connectivity index (χ2n) is 8.85. The number of amides is 3. The molecule has 4 rings (SSSR count). The quantitative estimate of drug-likeness (QED) is 0.549. The van der Waals surface area contributed by atoms with E-state index in [-0.39, 0.29) is 35.5 Å². The van der Waals surface area contributed by atoms with E-state index in [1.54, 1.807) is 6.20 Å². The zero-order valence-corrected chi connectivity index (χ0v) is 17.7. The van der Waals surface area contributed by atoms with E-state index in [9.17, 15) is 14.4 Å². The van der Waals surface area contributed by atoms with Crippen LogP contribution in [0.3, 0.4) is 0 Å². The predicted molar refractivity (Wildman–Crippen MR) is 113 cm³/mol. The molecular formula is C23H30N4O3. The summed E-state index contributed by atoms with van der Waals surface area (Å²) in [5.41, 5.74) is 0. The van der Waals surface area contributed by atoms with E-state index in [4.69, 9.17) is 0 Å². The lowest BCUT2D eigenvalue weighted by atomic mass is 9.85. The highest BCUT2D eigenvalue weighted by Crippen LogP contribution is 2.37. The van der Waals surface area contributed by atoms with Gasteiger partial charge in [0.15, 0.2) is 0 Å². The van der Waals surface area contributed by atoms with Gasteiger partial charge in [-0.15, -0.1) is 0 Å². The van der Waals surface area contributed by atoms with Crippen molar-refractivity contribution in [2.75, 3.05) is 31.1 Å². The monoisotopic (exact) mass is 410 g/mol. The van der Waals surface area contributed by atoms with Crippen LogP contribution in [0.15, 0.2) is 36.5 Å². The summed E-state index contributed by atoms with van der Waals surface area (Å²) in [4.78, 5) is 49.3. The molecular weight excluding hydrogens is 380 g/mol. The van der Waals surface area contributed by atoms with Gasteiger partial charge in [-0.3, -0.25) is 19.3 Å². The summed E-state index contributed by atoms with van der Waals surface area (Å²) in [5.74, 6) is 0.0791. The van der Waals surface area contributed by atoms with Crippen LogP contribution in [0.2, 0.25) is 0 Å². The number of piperazine rings is 1. The van der Waals surface area contributed by atoms with E-state index in [0.29, 0.717) is 45.4 Å². The standard InChI is InChI=1S/C23H30N4O3/c1-16(2)15-19(27-21(28)17-7-3-4-8-18(17)22(27)29)23(30)26-13-11-25(12-14-26)20-9-5-6-10-24-20/h3-6,9-10,16-19H,7-8,11-15H2,1-2H3. The lowest BCUT2D eigenvalue weighted by molar-refractivity contribution is -0.152. The van der Waals surface area contributed by atoms with Crippen molar-refractivity contribution in [2.45, 2.75) is 39.2 Å². The molecule has 3 unspecified atom stereocenters. The Balaban J connectivity index is 1.48. The maximum absolute atomic E-state index is 13.5. The van der Waals surface area contributed by atoms with E-state index >= 15 is 0 Å². The molecule has 0 N–H and O–H groups in total. The van der Waals surface area contributed by atoms with Crippen LogP contribution in [0.4, 0.5) is 5.82 Å². The van der Waals surface area contributed by atoms with Crippen molar-refractivity contribution in [1.29, 1.82) is 0 Å². The first-order valence-electron chi connectivity index (χ1n) is 10.9. The normalized spacial score (nSPS) is 25.1. The van der Waals surface area contributed by atoms with E-state index in [1.165, 1.54) is 4.90 Å². The van der Waals surface area contributed by atoms with Crippen LogP contribution in [0.5, 0.6) is 0 Å². The minimum atomic E-state index is -0.697. The van der Waals surface area contributed by atoms with Gasteiger partial charge in [0.2, 0.25) is 17.7 Å². The number of carbonyl (C=O) groups is 3. The zero-order chi connectivity index (χ0) is 21.3. The highest BCUT2D eigenvalue weighted by molar-refractivity contribution is 6.08. The van der Waals surface area contributed by atoms with Crippen LogP contribution in [0.1, 0.15) is 33.1 Å². The van der Waals surface area contributed by atoms with Crippen molar-refractivity contribution in [2.24, 2.45) is 17.8 Å². The molecule has 1 aromatic rings. The number of rotatable bonds is 5. The molecule has 7 nitrogen and oxygen atoms in total. The van der Waals surface area contributed by atoms with Gasteiger partial charge < -0.3 is 9.80 Å². The maximum Gasteiger partial charge on any atom is 0.246 e. The number of anilines is 1. The fourth-order valence-corrected chi connectivity index (χ4v) is 4.80. The number of hydrogen-bond donors (Lipinski definition) is 0. The van der Waals surface area contributed by atoms with Crippen LogP contribution in [0, 0.1) is 17.8 Å². The molecule has 7 heteroatoms. The minimum absolute atomic E-state index is 0.0994. The number of likely N-dealkylation sites (tertiary alicyclic amines) is 1. The van der Waals surface area contributed by atoms with Crippen LogP contribution in [0.25, 0.3) is 0 Å². The van der Waals surface area contributed by atoms with Gasteiger partial charge in [-0.25, -0.2) is 4.98 Å². The second-order valence-corrected chi connectivity index (χ2v) is 8.85. The molecule has 0 aromatic carbocycles. The van der Waals surface area contributed by atoms with E-state index in [2.05, 4.69) is 9.88 Å². The van der Waals surface area contributed by atoms with Crippen LogP contribution in [-0.2, 0) is 14.4 Å². The third-order valence-corrected chi connectivity index (χ3v) is 6.40. The number of allylic oxidation sites excluding steroid dienone is 2. The molecule has 2 aliphatic heterocycles. The van der Waals surface area contributed by atoms with Crippen molar-refractivity contribution in [3.8, 4) is 0 Å². The van der Waals surface area contributed by atoms with Crippen LogP contribution < -0.4 is 4.90 Å². The lowest BCUT2D eigenvalue weighted by Gasteiger charge is -2.38. The van der Waals surface area contributed by atoms with Gasteiger partial charge in [-0.1, -0.05) is 32.1 Å². The molecule has 0 bridgehead atoms. The van der Waals surface area contributed by atoms with E-state index in [1.807, 2.05) is 49.1 Å². The summed E-state index contributed by atoms with van der Waals surface area (Å²) in [6.45, 7) is 6.56. The molecule has 1 aliphatic carbocycles. The Labute approximate surface area is 177 Å². The molecule has 3 aliphatic rings. The molecule has 3 heterocycles. The Bertz CT molecular complexity index is 804. The van der Waals surface area contributed by atoms with Crippen molar-refractivity contribution in [1.82, 2.24) is 14.8 Å². The Hall–Kier alpha value is -2.70. The van der Waals surface area contributed by atoms with Crippen LogP contribution in [-0.4, -0.2) is 64.7 Å². The number of aromatic nitrogens is 1. The fraction of sp³-hybridized carbons (Fsp3) is 0.565. The Morgan fingerprint density at radius 1 is 1.03 bits per heavy atom. The summed E-state index contributed by atoms with van der Waals surface area (Å²) in [6, 6.07) is 5.11. The third-order valence-electron chi connectivity index (χ3n) is 6.40. The Kier molecular flexibility index (Phi) is 5.88. The van der Waals surface area contributed by atoms with Gasteiger partial charge in [0.25, 0.3) is 0 Å². The summed E-state index contributed by atoms with van der Waals surface area (Å²) in [6.07, 6.45) is 7.42. The van der Waals surface area contributed by atoms with Gasteiger partial charge in [0.05, 0.1) is 11.8 Å². The van der Waals surface area contributed by atoms with Gasteiger partial charge in [0, 0.05) is 32.4 Å². The molecule has 3 amide bonds. The number of fused-ring (bicyclic) bond motifs is 1. The smallest absolute Gasteiger partial charge is 0.246 e. The van der Waals surface area contributed by atoms with Crippen molar-refractivity contribution in [3.05, 3.63) is 36.5 Å². The highest BCUT2D eigenvalue weighted by atomic mass is 16.2. The van der Waals surface area contributed by atoms with Gasteiger partial charge in [0.1, 0.15) is 11.9 Å². The number of hydrogen-bond acceptors (Lipinski definition) is 5. The maximum atomic E-state index is 13.5. The van der Waals surface area contributed by atoms with Gasteiger partial charge in [-0.05, 0) is 37.3 Å². The molecule has 0 radical (unpaired) electrons. The first-order chi connectivity index (χ1) is 14.5. The lowest BCUT2D eigenvalue weighted by Crippen LogP contribution is -2.56. The summed E-state index contributed by atoms with van der Waals surface area (Å²) >= 11 is 0. The van der Waals surface area contributed by atoms with Crippen molar-refractivity contribution < 1.29 is 14.4 Å². The van der Waals surface area contributed by atoms with Gasteiger partial charge >= 0.3 is 0 Å². The Morgan fingerprint density at radius 2 is 1.67 bits per heavy atom. The van der Waals surface area contributed by atoms with E-state index in [0.717, 1.165) is 5.82 Å². The molecule has 0 saturated carbocycles. The second kappa shape index (κ2) is 8.58. The predicted octanol–water partition coefficient (Wildman–Crippen LogP) is 2.10. The highest BCUT2D eigenvalue weighted by Gasteiger charge is 2.51. The molecule has 0 spiro atoms. The molecule has 3 atom stereocenters. The largest absolute Gasteiger partial charge is 0.353 e. The first kappa shape index (κ1) is 20.6. The summed E-state index contributed by atoms with van der Waals surface area (Å²) < 4.78 is 0. The molecule has 30 heavy (non-hydrogen) atoms.